The van der Waals surface area contributed by atoms with E-state index in [1.54, 1.807) is 6.92 Å². The maximum atomic E-state index is 13.1. The highest BCUT2D eigenvalue weighted by molar-refractivity contribution is 6.00. The summed E-state index contributed by atoms with van der Waals surface area (Å²) < 4.78 is 6.91. The molecular weight excluding hydrogens is 382 g/mol. The standard InChI is InChI=1S/C22H27N5O3/c1-4-17-19(22(29)30-3)15(2)20(24-17)21(28)26-11-9-25(10-12-26)13-16-14-27-8-6-5-7-18(27)23-16/h5-8,14,24H,4,9-13H2,1-3H3. The molecule has 0 spiro atoms. The Morgan fingerprint density at radius 1 is 1.20 bits per heavy atom. The van der Waals surface area contributed by atoms with Gasteiger partial charge < -0.3 is 19.0 Å². The molecule has 1 fully saturated rings. The summed E-state index contributed by atoms with van der Waals surface area (Å²) >= 11 is 0. The molecule has 4 heterocycles. The van der Waals surface area contributed by atoms with Crippen molar-refractivity contribution in [1.82, 2.24) is 24.2 Å². The zero-order valence-electron chi connectivity index (χ0n) is 17.6. The smallest absolute Gasteiger partial charge is 0.339 e. The van der Waals surface area contributed by atoms with Crippen LogP contribution in [0.1, 0.15) is 44.7 Å². The lowest BCUT2D eigenvalue weighted by atomic mass is 10.1. The largest absolute Gasteiger partial charge is 0.465 e. The molecule has 0 aliphatic carbocycles. The molecule has 158 valence electrons. The number of nitrogens with one attached hydrogen (secondary N) is 1. The summed E-state index contributed by atoms with van der Waals surface area (Å²) in [5, 5.41) is 0. The van der Waals surface area contributed by atoms with E-state index in [0.29, 0.717) is 36.3 Å². The zero-order chi connectivity index (χ0) is 21.3. The van der Waals surface area contributed by atoms with Crippen LogP contribution in [0.25, 0.3) is 5.65 Å². The van der Waals surface area contributed by atoms with Gasteiger partial charge in [-0.25, -0.2) is 9.78 Å². The van der Waals surface area contributed by atoms with Crippen molar-refractivity contribution in [3.63, 3.8) is 0 Å². The molecule has 3 aromatic heterocycles. The van der Waals surface area contributed by atoms with E-state index in [0.717, 1.165) is 36.7 Å². The lowest BCUT2D eigenvalue weighted by Crippen LogP contribution is -2.48. The number of carbonyl (C=O) groups is 2. The molecule has 1 saturated heterocycles. The fourth-order valence-electron chi connectivity index (χ4n) is 4.08. The van der Waals surface area contributed by atoms with E-state index in [9.17, 15) is 9.59 Å². The van der Waals surface area contributed by atoms with Gasteiger partial charge in [0.05, 0.1) is 18.4 Å². The first-order chi connectivity index (χ1) is 14.5. The Morgan fingerprint density at radius 3 is 2.63 bits per heavy atom. The average Bonchev–Trinajstić information content (AvgIpc) is 3.33. The number of methoxy groups -OCH3 is 1. The number of ether oxygens (including phenoxy) is 1. The van der Waals surface area contributed by atoms with E-state index in [2.05, 4.69) is 21.1 Å². The van der Waals surface area contributed by atoms with Crippen LogP contribution in [0.5, 0.6) is 0 Å². The second-order valence-corrected chi connectivity index (χ2v) is 7.59. The van der Waals surface area contributed by atoms with Crippen molar-refractivity contribution in [2.75, 3.05) is 33.3 Å². The highest BCUT2D eigenvalue weighted by Gasteiger charge is 2.28. The van der Waals surface area contributed by atoms with Crippen molar-refractivity contribution in [2.24, 2.45) is 0 Å². The Labute approximate surface area is 175 Å². The molecule has 1 aliphatic heterocycles. The number of rotatable bonds is 5. The van der Waals surface area contributed by atoms with Crippen LogP contribution in [-0.2, 0) is 17.7 Å². The van der Waals surface area contributed by atoms with Gasteiger partial charge in [-0.3, -0.25) is 9.69 Å². The minimum atomic E-state index is -0.406. The molecule has 8 heteroatoms. The molecule has 8 nitrogen and oxygen atoms in total. The van der Waals surface area contributed by atoms with Crippen molar-refractivity contribution in [2.45, 2.75) is 26.8 Å². The molecule has 0 bridgehead atoms. The van der Waals surface area contributed by atoms with Gasteiger partial charge in [0.2, 0.25) is 0 Å². The van der Waals surface area contributed by atoms with Crippen LogP contribution in [0.3, 0.4) is 0 Å². The highest BCUT2D eigenvalue weighted by atomic mass is 16.5. The van der Waals surface area contributed by atoms with Gasteiger partial charge in [-0.2, -0.15) is 0 Å². The maximum absolute atomic E-state index is 13.1. The summed E-state index contributed by atoms with van der Waals surface area (Å²) in [6.07, 6.45) is 4.68. The number of piperazine rings is 1. The Balaban J connectivity index is 1.42. The fourth-order valence-corrected chi connectivity index (χ4v) is 4.08. The van der Waals surface area contributed by atoms with Crippen molar-refractivity contribution in [1.29, 1.82) is 0 Å². The van der Waals surface area contributed by atoms with E-state index in [1.807, 2.05) is 40.6 Å². The van der Waals surface area contributed by atoms with E-state index >= 15 is 0 Å². The Hall–Kier alpha value is -3.13. The van der Waals surface area contributed by atoms with Gasteiger partial charge >= 0.3 is 5.97 Å². The van der Waals surface area contributed by atoms with Crippen molar-refractivity contribution >= 4 is 17.5 Å². The molecule has 3 aromatic rings. The number of carbonyl (C=O) groups excluding carboxylic acids is 2. The number of aromatic amines is 1. The molecule has 0 atom stereocenters. The third kappa shape index (κ3) is 3.70. The monoisotopic (exact) mass is 409 g/mol. The number of hydrogen-bond donors (Lipinski definition) is 1. The third-order valence-corrected chi connectivity index (χ3v) is 5.74. The van der Waals surface area contributed by atoms with Crippen molar-refractivity contribution in [3.8, 4) is 0 Å². The molecule has 1 aliphatic rings. The van der Waals surface area contributed by atoms with E-state index in [1.165, 1.54) is 7.11 Å². The first-order valence-electron chi connectivity index (χ1n) is 10.3. The molecule has 0 aromatic carbocycles. The second-order valence-electron chi connectivity index (χ2n) is 7.59. The van der Waals surface area contributed by atoms with Crippen molar-refractivity contribution < 1.29 is 14.3 Å². The van der Waals surface area contributed by atoms with Crippen LogP contribution < -0.4 is 0 Å². The van der Waals surface area contributed by atoms with Gasteiger partial charge in [-0.15, -0.1) is 0 Å². The summed E-state index contributed by atoms with van der Waals surface area (Å²) in [5.41, 5.74) is 4.34. The van der Waals surface area contributed by atoms with Crippen LogP contribution in [0.2, 0.25) is 0 Å². The van der Waals surface area contributed by atoms with Crippen LogP contribution >= 0.6 is 0 Å². The fraction of sp³-hybridized carbons (Fsp3) is 0.409. The first-order valence-corrected chi connectivity index (χ1v) is 10.3. The Morgan fingerprint density at radius 2 is 1.97 bits per heavy atom. The van der Waals surface area contributed by atoms with Gasteiger partial charge in [0, 0.05) is 50.8 Å². The number of pyridine rings is 1. The van der Waals surface area contributed by atoms with Gasteiger partial charge in [-0.1, -0.05) is 13.0 Å². The lowest BCUT2D eigenvalue weighted by molar-refractivity contribution is 0.0599. The molecule has 0 saturated carbocycles. The number of aromatic nitrogens is 3. The predicted octanol–water partition coefficient (Wildman–Crippen LogP) is 2.28. The summed E-state index contributed by atoms with van der Waals surface area (Å²) in [6, 6.07) is 5.96. The number of aryl methyl sites for hydroxylation is 1. The number of esters is 1. The minimum absolute atomic E-state index is 0.0651. The third-order valence-electron chi connectivity index (χ3n) is 5.74. The predicted molar refractivity (Wildman–Crippen MR) is 113 cm³/mol. The van der Waals surface area contributed by atoms with Crippen molar-refractivity contribution in [3.05, 3.63) is 58.8 Å². The minimum Gasteiger partial charge on any atom is -0.465 e. The molecule has 0 unspecified atom stereocenters. The molecular formula is C22H27N5O3. The molecule has 1 N–H and O–H groups in total. The maximum Gasteiger partial charge on any atom is 0.339 e. The average molecular weight is 409 g/mol. The number of imidazole rings is 1. The summed E-state index contributed by atoms with van der Waals surface area (Å²) in [5.74, 6) is -0.471. The van der Waals surface area contributed by atoms with E-state index < -0.39 is 5.97 Å². The summed E-state index contributed by atoms with van der Waals surface area (Å²) in [4.78, 5) is 37.2. The van der Waals surface area contributed by atoms with Gasteiger partial charge in [0.25, 0.3) is 5.91 Å². The Bertz CT molecular complexity index is 1040. The van der Waals surface area contributed by atoms with Crippen LogP contribution in [0, 0.1) is 6.92 Å². The number of amides is 1. The van der Waals surface area contributed by atoms with Crippen LogP contribution in [0.4, 0.5) is 0 Å². The Kier molecular flexibility index (Phi) is 5.59. The normalized spacial score (nSPS) is 15.0. The number of H-pyrrole nitrogens is 1. The van der Waals surface area contributed by atoms with Gasteiger partial charge in [0.15, 0.2) is 0 Å². The number of nitrogens with zero attached hydrogens (tertiary/aromatic N) is 4. The van der Waals surface area contributed by atoms with E-state index in [-0.39, 0.29) is 5.91 Å². The van der Waals surface area contributed by atoms with Gasteiger partial charge in [-0.05, 0) is 31.0 Å². The molecule has 30 heavy (non-hydrogen) atoms. The number of fused-ring (bicyclic) bond motifs is 1. The summed E-state index contributed by atoms with van der Waals surface area (Å²) in [6.45, 7) is 7.35. The van der Waals surface area contributed by atoms with E-state index in [4.69, 9.17) is 4.74 Å². The summed E-state index contributed by atoms with van der Waals surface area (Å²) in [7, 11) is 1.36. The lowest BCUT2D eigenvalue weighted by Gasteiger charge is -2.34. The first kappa shape index (κ1) is 20.2. The molecule has 4 rings (SSSR count). The zero-order valence-corrected chi connectivity index (χ0v) is 17.6. The number of hydrogen-bond acceptors (Lipinski definition) is 5. The van der Waals surface area contributed by atoms with Gasteiger partial charge in [0.1, 0.15) is 11.3 Å². The second kappa shape index (κ2) is 8.31. The topological polar surface area (TPSA) is 82.9 Å². The van der Waals surface area contributed by atoms with Crippen LogP contribution in [-0.4, -0.2) is 69.3 Å². The quantitative estimate of drug-likeness (QED) is 0.654. The highest BCUT2D eigenvalue weighted by Crippen LogP contribution is 2.22. The SMILES string of the molecule is CCc1[nH]c(C(=O)N2CCN(Cc3cn4ccccc4n3)CC2)c(C)c1C(=O)OC. The molecule has 0 radical (unpaired) electrons. The van der Waals surface area contributed by atoms with Crippen LogP contribution in [0.15, 0.2) is 30.6 Å². The molecule has 1 amide bonds.